The van der Waals surface area contributed by atoms with Gasteiger partial charge in [0.25, 0.3) is 5.91 Å². The van der Waals surface area contributed by atoms with Gasteiger partial charge in [-0.3, -0.25) is 4.79 Å². The van der Waals surface area contributed by atoms with E-state index in [4.69, 9.17) is 27.9 Å². The molecule has 7 heteroatoms. The summed E-state index contributed by atoms with van der Waals surface area (Å²) in [6.45, 7) is 1.88. The Balaban J connectivity index is 1.80. The van der Waals surface area contributed by atoms with E-state index in [0.717, 1.165) is 12.8 Å². The molecule has 2 amide bonds. The van der Waals surface area contributed by atoms with Crippen LogP contribution in [-0.2, 0) is 4.74 Å². The molecule has 0 atom stereocenters. The van der Waals surface area contributed by atoms with Crippen LogP contribution in [0.5, 0.6) is 0 Å². The lowest BCUT2D eigenvalue weighted by molar-refractivity contribution is 0.0914. The number of hydrogen-bond acceptors (Lipinski definition) is 3. The van der Waals surface area contributed by atoms with Crippen LogP contribution in [0.2, 0.25) is 10.0 Å². The molecule has 1 aliphatic heterocycles. The molecule has 5 nitrogen and oxygen atoms in total. The van der Waals surface area contributed by atoms with Crippen LogP contribution in [0.1, 0.15) is 23.2 Å². The van der Waals surface area contributed by atoms with Crippen molar-refractivity contribution in [1.29, 1.82) is 0 Å². The molecule has 0 saturated carbocycles. The minimum Gasteiger partial charge on any atom is -0.453 e. The number of carbonyl (C=O) groups is 2. The largest absolute Gasteiger partial charge is 0.453 e. The molecule has 1 aliphatic rings. The maximum absolute atomic E-state index is 12.1. The SMILES string of the molecule is COC(=O)N1CCC(CNC(=O)c2ccc(Cl)c(Cl)c2)CC1. The van der Waals surface area contributed by atoms with E-state index in [1.165, 1.54) is 7.11 Å². The number of hydrogen-bond donors (Lipinski definition) is 1. The number of rotatable bonds is 3. The lowest BCUT2D eigenvalue weighted by Crippen LogP contribution is -2.41. The molecule has 0 spiro atoms. The van der Waals surface area contributed by atoms with Crippen molar-refractivity contribution in [3.05, 3.63) is 33.8 Å². The number of halogens is 2. The van der Waals surface area contributed by atoms with Gasteiger partial charge in [-0.15, -0.1) is 0 Å². The fourth-order valence-corrected chi connectivity index (χ4v) is 2.72. The lowest BCUT2D eigenvalue weighted by atomic mass is 9.97. The zero-order chi connectivity index (χ0) is 16.1. The Kier molecular flexibility index (Phi) is 5.91. The minimum atomic E-state index is -0.293. The smallest absolute Gasteiger partial charge is 0.409 e. The second-order valence-corrected chi connectivity index (χ2v) is 6.05. The summed E-state index contributed by atoms with van der Waals surface area (Å²) >= 11 is 11.7. The standard InChI is InChI=1S/C15H18Cl2N2O3/c1-22-15(21)19-6-4-10(5-7-19)9-18-14(20)11-2-3-12(16)13(17)8-11/h2-3,8,10H,4-7,9H2,1H3,(H,18,20). The van der Waals surface area contributed by atoms with Crippen molar-refractivity contribution in [2.75, 3.05) is 26.7 Å². The van der Waals surface area contributed by atoms with Crippen LogP contribution in [0.15, 0.2) is 18.2 Å². The molecule has 0 aromatic heterocycles. The van der Waals surface area contributed by atoms with Gasteiger partial charge in [-0.1, -0.05) is 23.2 Å². The second-order valence-electron chi connectivity index (χ2n) is 5.24. The third-order valence-corrected chi connectivity index (χ3v) is 4.52. The van der Waals surface area contributed by atoms with Gasteiger partial charge < -0.3 is 15.0 Å². The molecule has 0 aliphatic carbocycles. The zero-order valence-electron chi connectivity index (χ0n) is 12.3. The van der Waals surface area contributed by atoms with Crippen LogP contribution in [0.4, 0.5) is 4.79 Å². The lowest BCUT2D eigenvalue weighted by Gasteiger charge is -2.30. The first-order valence-electron chi connectivity index (χ1n) is 7.07. The minimum absolute atomic E-state index is 0.172. The van der Waals surface area contributed by atoms with Gasteiger partial charge in [0, 0.05) is 25.2 Å². The topological polar surface area (TPSA) is 58.6 Å². The summed E-state index contributed by atoms with van der Waals surface area (Å²) in [7, 11) is 1.38. The number of amides is 2. The Labute approximate surface area is 139 Å². The summed E-state index contributed by atoms with van der Waals surface area (Å²) in [5, 5.41) is 3.68. The Morgan fingerprint density at radius 2 is 1.95 bits per heavy atom. The highest BCUT2D eigenvalue weighted by molar-refractivity contribution is 6.42. The molecule has 1 fully saturated rings. The van der Waals surface area contributed by atoms with E-state index in [2.05, 4.69) is 5.32 Å². The van der Waals surface area contributed by atoms with Gasteiger partial charge in [-0.05, 0) is 37.0 Å². The molecule has 0 bridgehead atoms. The number of methoxy groups -OCH3 is 1. The normalized spacial score (nSPS) is 15.5. The van der Waals surface area contributed by atoms with Gasteiger partial charge in [0.1, 0.15) is 0 Å². The predicted molar refractivity (Wildman–Crippen MR) is 85.5 cm³/mol. The number of nitrogens with zero attached hydrogens (tertiary/aromatic N) is 1. The highest BCUT2D eigenvalue weighted by Crippen LogP contribution is 2.22. The summed E-state index contributed by atoms with van der Waals surface area (Å²) in [6.07, 6.45) is 1.39. The van der Waals surface area contributed by atoms with Crippen LogP contribution in [0.25, 0.3) is 0 Å². The van der Waals surface area contributed by atoms with Crippen LogP contribution < -0.4 is 5.32 Å². The molecule has 2 rings (SSSR count). The first kappa shape index (κ1) is 16.9. The van der Waals surface area contributed by atoms with Gasteiger partial charge in [-0.25, -0.2) is 4.79 Å². The Hall–Kier alpha value is -1.46. The quantitative estimate of drug-likeness (QED) is 0.915. The predicted octanol–water partition coefficient (Wildman–Crippen LogP) is 3.20. The third kappa shape index (κ3) is 4.27. The van der Waals surface area contributed by atoms with Gasteiger partial charge in [0.15, 0.2) is 0 Å². The Morgan fingerprint density at radius 1 is 1.27 bits per heavy atom. The average molecular weight is 345 g/mol. The van der Waals surface area contributed by atoms with Gasteiger partial charge >= 0.3 is 6.09 Å². The van der Waals surface area contributed by atoms with Crippen molar-refractivity contribution in [2.24, 2.45) is 5.92 Å². The molecule has 1 heterocycles. The Morgan fingerprint density at radius 3 is 2.55 bits per heavy atom. The number of carbonyl (C=O) groups excluding carboxylic acids is 2. The molecule has 1 saturated heterocycles. The summed E-state index contributed by atoms with van der Waals surface area (Å²) in [6, 6.07) is 4.80. The Bertz CT molecular complexity index is 558. The van der Waals surface area contributed by atoms with Gasteiger partial charge in [0.2, 0.25) is 0 Å². The van der Waals surface area contributed by atoms with Crippen molar-refractivity contribution in [2.45, 2.75) is 12.8 Å². The van der Waals surface area contributed by atoms with E-state index in [1.54, 1.807) is 23.1 Å². The first-order valence-corrected chi connectivity index (χ1v) is 7.83. The van der Waals surface area contributed by atoms with Crippen molar-refractivity contribution in [3.63, 3.8) is 0 Å². The molecular formula is C15H18Cl2N2O3. The van der Waals surface area contributed by atoms with Gasteiger partial charge in [-0.2, -0.15) is 0 Å². The highest BCUT2D eigenvalue weighted by Gasteiger charge is 2.23. The molecule has 1 aromatic rings. The van der Waals surface area contributed by atoms with Gasteiger partial charge in [0.05, 0.1) is 17.2 Å². The molecule has 120 valence electrons. The van der Waals surface area contributed by atoms with Crippen molar-refractivity contribution in [3.8, 4) is 0 Å². The number of likely N-dealkylation sites (tertiary alicyclic amines) is 1. The summed E-state index contributed by atoms with van der Waals surface area (Å²) < 4.78 is 4.70. The molecule has 0 unspecified atom stereocenters. The second kappa shape index (κ2) is 7.70. The summed E-state index contributed by atoms with van der Waals surface area (Å²) in [5.74, 6) is 0.182. The number of benzene rings is 1. The third-order valence-electron chi connectivity index (χ3n) is 3.78. The van der Waals surface area contributed by atoms with Crippen molar-refractivity contribution >= 4 is 35.2 Å². The van der Waals surface area contributed by atoms with E-state index in [9.17, 15) is 9.59 Å². The maximum Gasteiger partial charge on any atom is 0.409 e. The van der Waals surface area contributed by atoms with Crippen molar-refractivity contribution < 1.29 is 14.3 Å². The fourth-order valence-electron chi connectivity index (χ4n) is 2.43. The highest BCUT2D eigenvalue weighted by atomic mass is 35.5. The molecule has 1 N–H and O–H groups in total. The monoisotopic (exact) mass is 344 g/mol. The van der Waals surface area contributed by atoms with Crippen LogP contribution in [0, 0.1) is 5.92 Å². The average Bonchev–Trinajstić information content (AvgIpc) is 2.54. The van der Waals surface area contributed by atoms with Crippen molar-refractivity contribution in [1.82, 2.24) is 10.2 Å². The van der Waals surface area contributed by atoms with E-state index in [0.29, 0.717) is 41.2 Å². The molecule has 1 aromatic carbocycles. The van der Waals surface area contributed by atoms with Crippen LogP contribution >= 0.6 is 23.2 Å². The van der Waals surface area contributed by atoms with E-state index >= 15 is 0 Å². The van der Waals surface area contributed by atoms with Crippen LogP contribution in [-0.4, -0.2) is 43.6 Å². The molecular weight excluding hydrogens is 327 g/mol. The van der Waals surface area contributed by atoms with E-state index in [-0.39, 0.29) is 12.0 Å². The van der Waals surface area contributed by atoms with E-state index in [1.807, 2.05) is 0 Å². The summed E-state index contributed by atoms with van der Waals surface area (Å²) in [4.78, 5) is 25.1. The molecule has 0 radical (unpaired) electrons. The first-order chi connectivity index (χ1) is 10.5. The number of ether oxygens (including phenoxy) is 1. The molecule has 22 heavy (non-hydrogen) atoms. The van der Waals surface area contributed by atoms with Crippen LogP contribution in [0.3, 0.4) is 0 Å². The maximum atomic E-state index is 12.1. The fraction of sp³-hybridized carbons (Fsp3) is 0.467. The number of piperidine rings is 1. The zero-order valence-corrected chi connectivity index (χ0v) is 13.8. The summed E-state index contributed by atoms with van der Waals surface area (Å²) in [5.41, 5.74) is 0.487. The number of nitrogens with one attached hydrogen (secondary N) is 1. The van der Waals surface area contributed by atoms with E-state index < -0.39 is 0 Å².